The van der Waals surface area contributed by atoms with E-state index in [1.807, 2.05) is 12.4 Å². The zero-order valence-corrected chi connectivity index (χ0v) is 11.7. The number of nitrogens with one attached hydrogen (secondary N) is 2. The molecule has 2 heterocycles. The van der Waals surface area contributed by atoms with E-state index in [0.717, 1.165) is 37.3 Å². The number of rotatable bonds is 7. The normalized spacial score (nSPS) is 12.5. The summed E-state index contributed by atoms with van der Waals surface area (Å²) in [5, 5.41) is 3.52. The van der Waals surface area contributed by atoms with Crippen molar-refractivity contribution in [3.63, 3.8) is 0 Å². The molecule has 0 radical (unpaired) electrons. The maximum absolute atomic E-state index is 4.53. The molecule has 0 amide bonds. The van der Waals surface area contributed by atoms with Crippen LogP contribution >= 0.6 is 0 Å². The van der Waals surface area contributed by atoms with Gasteiger partial charge in [-0.1, -0.05) is 19.9 Å². The molecule has 0 aromatic carbocycles. The Morgan fingerprint density at radius 2 is 2.16 bits per heavy atom. The second-order valence-electron chi connectivity index (χ2n) is 4.70. The maximum atomic E-state index is 4.53. The SMILES string of the molecule is CCCNC(Cc1ccc(CC)cn1)c1ncc[nH]1. The highest BCUT2D eigenvalue weighted by Gasteiger charge is 2.14. The van der Waals surface area contributed by atoms with Crippen LogP contribution in [0.25, 0.3) is 0 Å². The highest BCUT2D eigenvalue weighted by molar-refractivity contribution is 5.15. The summed E-state index contributed by atoms with van der Waals surface area (Å²) in [6.45, 7) is 5.30. The summed E-state index contributed by atoms with van der Waals surface area (Å²) in [6, 6.07) is 4.47. The van der Waals surface area contributed by atoms with Crippen molar-refractivity contribution in [1.29, 1.82) is 0 Å². The topological polar surface area (TPSA) is 53.6 Å². The smallest absolute Gasteiger partial charge is 0.123 e. The molecule has 0 aliphatic rings. The third-order valence-corrected chi connectivity index (χ3v) is 3.20. The number of H-pyrrole nitrogens is 1. The molecule has 0 aliphatic carbocycles. The van der Waals surface area contributed by atoms with E-state index in [9.17, 15) is 0 Å². The van der Waals surface area contributed by atoms with E-state index in [0.29, 0.717) is 0 Å². The third-order valence-electron chi connectivity index (χ3n) is 3.20. The van der Waals surface area contributed by atoms with Gasteiger partial charge in [0.25, 0.3) is 0 Å². The van der Waals surface area contributed by atoms with Crippen LogP contribution < -0.4 is 5.32 Å². The summed E-state index contributed by atoms with van der Waals surface area (Å²) in [7, 11) is 0. The molecule has 1 atom stereocenters. The van der Waals surface area contributed by atoms with E-state index in [-0.39, 0.29) is 6.04 Å². The molecule has 0 spiro atoms. The second kappa shape index (κ2) is 7.04. The van der Waals surface area contributed by atoms with Gasteiger partial charge in [-0.2, -0.15) is 0 Å². The summed E-state index contributed by atoms with van der Waals surface area (Å²) in [4.78, 5) is 12.1. The summed E-state index contributed by atoms with van der Waals surface area (Å²) in [5.41, 5.74) is 2.38. The zero-order valence-electron chi connectivity index (χ0n) is 11.7. The Kier molecular flexibility index (Phi) is 5.10. The van der Waals surface area contributed by atoms with E-state index in [2.05, 4.69) is 46.2 Å². The lowest BCUT2D eigenvalue weighted by Crippen LogP contribution is -2.25. The highest BCUT2D eigenvalue weighted by atomic mass is 15.0. The molecule has 4 nitrogen and oxygen atoms in total. The fourth-order valence-corrected chi connectivity index (χ4v) is 2.05. The first kappa shape index (κ1) is 13.7. The summed E-state index contributed by atoms with van der Waals surface area (Å²) in [6.07, 6.45) is 8.63. The number of aromatic nitrogens is 3. The van der Waals surface area contributed by atoms with Gasteiger partial charge in [-0.3, -0.25) is 4.98 Å². The van der Waals surface area contributed by atoms with Crippen LogP contribution in [0.1, 0.15) is 43.4 Å². The van der Waals surface area contributed by atoms with Crippen molar-refractivity contribution in [1.82, 2.24) is 20.3 Å². The third kappa shape index (κ3) is 3.89. The van der Waals surface area contributed by atoms with Crippen LogP contribution in [0.5, 0.6) is 0 Å². The van der Waals surface area contributed by atoms with Crippen molar-refractivity contribution in [3.05, 3.63) is 47.8 Å². The summed E-state index contributed by atoms with van der Waals surface area (Å²) >= 11 is 0. The molecule has 2 rings (SSSR count). The minimum Gasteiger partial charge on any atom is -0.347 e. The predicted molar refractivity (Wildman–Crippen MR) is 76.9 cm³/mol. The molecule has 0 aliphatic heterocycles. The van der Waals surface area contributed by atoms with Crippen LogP contribution in [0.15, 0.2) is 30.7 Å². The maximum Gasteiger partial charge on any atom is 0.123 e. The molecule has 19 heavy (non-hydrogen) atoms. The van der Waals surface area contributed by atoms with E-state index in [1.165, 1.54) is 5.56 Å². The fraction of sp³-hybridized carbons (Fsp3) is 0.467. The van der Waals surface area contributed by atoms with Gasteiger partial charge in [0, 0.05) is 30.7 Å². The zero-order chi connectivity index (χ0) is 13.5. The summed E-state index contributed by atoms with van der Waals surface area (Å²) < 4.78 is 0. The van der Waals surface area contributed by atoms with Gasteiger partial charge in [0.15, 0.2) is 0 Å². The number of aromatic amines is 1. The highest BCUT2D eigenvalue weighted by Crippen LogP contribution is 2.14. The molecule has 2 N–H and O–H groups in total. The van der Waals surface area contributed by atoms with E-state index in [1.54, 1.807) is 6.20 Å². The van der Waals surface area contributed by atoms with Crippen molar-refractivity contribution in [2.75, 3.05) is 6.54 Å². The number of imidazole rings is 1. The molecule has 4 heteroatoms. The van der Waals surface area contributed by atoms with Crippen molar-refractivity contribution in [3.8, 4) is 0 Å². The van der Waals surface area contributed by atoms with Crippen molar-refractivity contribution < 1.29 is 0 Å². The monoisotopic (exact) mass is 258 g/mol. The van der Waals surface area contributed by atoms with E-state index in [4.69, 9.17) is 0 Å². The Morgan fingerprint density at radius 3 is 2.74 bits per heavy atom. The predicted octanol–water partition coefficient (Wildman–Crippen LogP) is 2.65. The Labute approximate surface area is 114 Å². The van der Waals surface area contributed by atoms with Crippen LogP contribution in [0.3, 0.4) is 0 Å². The Morgan fingerprint density at radius 1 is 1.26 bits per heavy atom. The van der Waals surface area contributed by atoms with Gasteiger partial charge >= 0.3 is 0 Å². The van der Waals surface area contributed by atoms with Crippen molar-refractivity contribution in [2.24, 2.45) is 0 Å². The van der Waals surface area contributed by atoms with E-state index < -0.39 is 0 Å². The average Bonchev–Trinajstić information content (AvgIpc) is 2.98. The Hall–Kier alpha value is -1.68. The van der Waals surface area contributed by atoms with Crippen LogP contribution in [0.4, 0.5) is 0 Å². The number of aryl methyl sites for hydroxylation is 1. The number of pyridine rings is 1. The van der Waals surface area contributed by atoms with Gasteiger partial charge in [0.1, 0.15) is 5.82 Å². The molecule has 1 unspecified atom stereocenters. The van der Waals surface area contributed by atoms with Gasteiger partial charge in [-0.05, 0) is 31.0 Å². The molecule has 2 aromatic rings. The number of hydrogen-bond acceptors (Lipinski definition) is 3. The van der Waals surface area contributed by atoms with Crippen molar-refractivity contribution in [2.45, 2.75) is 39.2 Å². The van der Waals surface area contributed by atoms with Crippen molar-refractivity contribution >= 4 is 0 Å². The minimum absolute atomic E-state index is 0.204. The molecule has 102 valence electrons. The van der Waals surface area contributed by atoms with Gasteiger partial charge in [0.2, 0.25) is 0 Å². The largest absolute Gasteiger partial charge is 0.347 e. The first-order valence-corrected chi connectivity index (χ1v) is 7.00. The van der Waals surface area contributed by atoms with Gasteiger partial charge in [0.05, 0.1) is 6.04 Å². The Bertz CT molecular complexity index is 461. The van der Waals surface area contributed by atoms with Gasteiger partial charge in [-0.15, -0.1) is 0 Å². The van der Waals surface area contributed by atoms with Crippen LogP contribution in [-0.4, -0.2) is 21.5 Å². The second-order valence-corrected chi connectivity index (χ2v) is 4.70. The average molecular weight is 258 g/mol. The summed E-state index contributed by atoms with van der Waals surface area (Å²) in [5.74, 6) is 0.981. The molecule has 0 saturated carbocycles. The number of hydrogen-bond donors (Lipinski definition) is 2. The lowest BCUT2D eigenvalue weighted by atomic mass is 10.1. The minimum atomic E-state index is 0.204. The molecule has 0 saturated heterocycles. The lowest BCUT2D eigenvalue weighted by Gasteiger charge is -2.16. The first-order valence-electron chi connectivity index (χ1n) is 7.00. The molecule has 0 bridgehead atoms. The van der Waals surface area contributed by atoms with Gasteiger partial charge in [-0.25, -0.2) is 4.98 Å². The molecular formula is C15H22N4. The quantitative estimate of drug-likeness (QED) is 0.802. The standard InChI is InChI=1S/C15H22N4/c1-3-7-16-14(15-17-8-9-18-15)10-13-6-5-12(4-2)11-19-13/h5-6,8-9,11,14,16H,3-4,7,10H2,1-2H3,(H,17,18). The molecular weight excluding hydrogens is 236 g/mol. The molecule has 2 aromatic heterocycles. The van der Waals surface area contributed by atoms with Crippen LogP contribution in [-0.2, 0) is 12.8 Å². The fourth-order valence-electron chi connectivity index (χ4n) is 2.05. The number of nitrogens with zero attached hydrogens (tertiary/aromatic N) is 2. The Balaban J connectivity index is 2.06. The van der Waals surface area contributed by atoms with Gasteiger partial charge < -0.3 is 10.3 Å². The van der Waals surface area contributed by atoms with Crippen LogP contribution in [0.2, 0.25) is 0 Å². The lowest BCUT2D eigenvalue weighted by molar-refractivity contribution is 0.504. The first-order chi connectivity index (χ1) is 9.33. The molecule has 0 fully saturated rings. The van der Waals surface area contributed by atoms with E-state index >= 15 is 0 Å². The van der Waals surface area contributed by atoms with Crippen LogP contribution in [0, 0.1) is 0 Å².